The molecule has 6 heteroatoms. The Balaban J connectivity index is 1.55. The van der Waals surface area contributed by atoms with Crippen LogP contribution < -0.4 is 0 Å². The van der Waals surface area contributed by atoms with Gasteiger partial charge < -0.3 is 9.15 Å². The molecule has 1 aromatic heterocycles. The Labute approximate surface area is 147 Å². The largest absolute Gasteiger partial charge is 0.468 e. The van der Waals surface area contributed by atoms with E-state index in [1.54, 1.807) is 0 Å². The average molecular weight is 341 g/mol. The summed E-state index contributed by atoms with van der Waals surface area (Å²) < 4.78 is 10.9. The van der Waals surface area contributed by atoms with Crippen molar-refractivity contribution in [3.05, 3.63) is 36.2 Å². The van der Waals surface area contributed by atoms with Crippen molar-refractivity contribution in [2.75, 3.05) is 7.11 Å². The molecule has 6 nitrogen and oxygen atoms in total. The van der Waals surface area contributed by atoms with Crippen molar-refractivity contribution in [1.82, 2.24) is 15.1 Å². The zero-order valence-corrected chi connectivity index (χ0v) is 14.4. The Morgan fingerprint density at radius 2 is 2.04 bits per heavy atom. The van der Waals surface area contributed by atoms with Crippen LogP contribution in [0.2, 0.25) is 0 Å². The summed E-state index contributed by atoms with van der Waals surface area (Å²) in [5.41, 5.74) is 0.905. The first-order chi connectivity index (χ1) is 12.3. The average Bonchev–Trinajstić information content (AvgIpc) is 3.27. The summed E-state index contributed by atoms with van der Waals surface area (Å²) >= 11 is 0. The Morgan fingerprint density at radius 3 is 2.84 bits per heavy atom. The van der Waals surface area contributed by atoms with Crippen molar-refractivity contribution in [2.45, 2.75) is 50.7 Å². The minimum atomic E-state index is -0.204. The Kier molecular flexibility index (Phi) is 4.53. The van der Waals surface area contributed by atoms with Crippen molar-refractivity contribution in [3.63, 3.8) is 0 Å². The number of hydrogen-bond donors (Lipinski definition) is 0. The number of methoxy groups -OCH3 is 1. The molecular formula is C19H23N3O3. The standard InChI is InChI=1S/C19H23N3O3/c1-24-19(23)16-11-14-9-5-6-10-15(14)22(16)12-17-20-21-18(25-17)13-7-3-2-4-8-13/h2-4,7-8,14-16H,5-6,9-12H2,1H3/t14-,15-,16+/m1/s1. The predicted octanol–water partition coefficient (Wildman–Crippen LogP) is 3.04. The van der Waals surface area contributed by atoms with Gasteiger partial charge in [-0.2, -0.15) is 0 Å². The third-order valence-corrected chi connectivity index (χ3v) is 5.50. The van der Waals surface area contributed by atoms with E-state index in [0.29, 0.717) is 30.3 Å². The van der Waals surface area contributed by atoms with Crippen LogP contribution in [0.5, 0.6) is 0 Å². The van der Waals surface area contributed by atoms with E-state index in [0.717, 1.165) is 18.4 Å². The van der Waals surface area contributed by atoms with E-state index in [2.05, 4.69) is 15.1 Å². The number of esters is 1. The lowest BCUT2D eigenvalue weighted by atomic mass is 9.85. The summed E-state index contributed by atoms with van der Waals surface area (Å²) in [6.45, 7) is 0.501. The van der Waals surface area contributed by atoms with Gasteiger partial charge in [0.1, 0.15) is 6.04 Å². The minimum Gasteiger partial charge on any atom is -0.468 e. The second-order valence-corrected chi connectivity index (χ2v) is 6.93. The van der Waals surface area contributed by atoms with Gasteiger partial charge in [-0.25, -0.2) is 0 Å². The molecule has 0 amide bonds. The molecule has 2 aromatic rings. The third kappa shape index (κ3) is 3.18. The van der Waals surface area contributed by atoms with Crippen molar-refractivity contribution in [1.29, 1.82) is 0 Å². The van der Waals surface area contributed by atoms with Crippen LogP contribution in [-0.2, 0) is 16.1 Å². The van der Waals surface area contributed by atoms with Crippen molar-refractivity contribution in [3.8, 4) is 11.5 Å². The van der Waals surface area contributed by atoms with Gasteiger partial charge in [-0.05, 0) is 37.3 Å². The summed E-state index contributed by atoms with van der Waals surface area (Å²) in [7, 11) is 1.46. The topological polar surface area (TPSA) is 68.5 Å². The number of aromatic nitrogens is 2. The van der Waals surface area contributed by atoms with Gasteiger partial charge in [-0.1, -0.05) is 31.0 Å². The van der Waals surface area contributed by atoms with E-state index < -0.39 is 0 Å². The lowest BCUT2D eigenvalue weighted by Gasteiger charge is -2.32. The van der Waals surface area contributed by atoms with Gasteiger partial charge in [-0.15, -0.1) is 10.2 Å². The predicted molar refractivity (Wildman–Crippen MR) is 91.4 cm³/mol. The SMILES string of the molecule is COC(=O)[C@@H]1C[C@H]2CCCC[C@H]2N1Cc1nnc(-c2ccccc2)o1. The highest BCUT2D eigenvalue weighted by Gasteiger charge is 2.46. The first kappa shape index (κ1) is 16.3. The summed E-state index contributed by atoms with van der Waals surface area (Å²) in [5, 5.41) is 8.37. The maximum Gasteiger partial charge on any atom is 0.323 e. The highest BCUT2D eigenvalue weighted by Crippen LogP contribution is 2.40. The van der Waals surface area contributed by atoms with E-state index in [4.69, 9.17) is 9.15 Å². The molecule has 132 valence electrons. The Morgan fingerprint density at radius 1 is 1.24 bits per heavy atom. The molecule has 0 spiro atoms. The van der Waals surface area contributed by atoms with Crippen LogP contribution in [0, 0.1) is 5.92 Å². The highest BCUT2D eigenvalue weighted by atomic mass is 16.5. The van der Waals surface area contributed by atoms with E-state index in [1.165, 1.54) is 26.4 Å². The minimum absolute atomic E-state index is 0.155. The molecule has 2 heterocycles. The molecule has 1 saturated carbocycles. The molecular weight excluding hydrogens is 318 g/mol. The van der Waals surface area contributed by atoms with Gasteiger partial charge in [0.05, 0.1) is 13.7 Å². The fourth-order valence-electron chi connectivity index (χ4n) is 4.32. The number of carbonyl (C=O) groups is 1. The number of carbonyl (C=O) groups excluding carboxylic acids is 1. The second-order valence-electron chi connectivity index (χ2n) is 6.93. The Bertz CT molecular complexity index is 731. The summed E-state index contributed by atoms with van der Waals surface area (Å²) in [6.07, 6.45) is 5.65. The molecule has 0 bridgehead atoms. The van der Waals surface area contributed by atoms with Gasteiger partial charge in [-0.3, -0.25) is 9.69 Å². The van der Waals surface area contributed by atoms with Crippen LogP contribution in [0.15, 0.2) is 34.7 Å². The fraction of sp³-hybridized carbons (Fsp3) is 0.526. The fourth-order valence-corrected chi connectivity index (χ4v) is 4.32. The molecule has 25 heavy (non-hydrogen) atoms. The third-order valence-electron chi connectivity index (χ3n) is 5.50. The smallest absolute Gasteiger partial charge is 0.323 e. The number of fused-ring (bicyclic) bond motifs is 1. The molecule has 4 rings (SSSR count). The second kappa shape index (κ2) is 6.96. The Hall–Kier alpha value is -2.21. The molecule has 1 saturated heterocycles. The van der Waals surface area contributed by atoms with Gasteiger partial charge in [0.15, 0.2) is 0 Å². The number of hydrogen-bond acceptors (Lipinski definition) is 6. The van der Waals surface area contributed by atoms with Crippen LogP contribution in [0.4, 0.5) is 0 Å². The lowest BCUT2D eigenvalue weighted by Crippen LogP contribution is -2.42. The number of ether oxygens (including phenoxy) is 1. The molecule has 0 N–H and O–H groups in total. The molecule has 0 radical (unpaired) electrons. The van der Waals surface area contributed by atoms with Crippen LogP contribution in [0.1, 0.15) is 38.0 Å². The van der Waals surface area contributed by atoms with Crippen LogP contribution in [-0.4, -0.2) is 40.3 Å². The molecule has 2 aliphatic rings. The first-order valence-electron chi connectivity index (χ1n) is 8.97. The highest BCUT2D eigenvalue weighted by molar-refractivity contribution is 5.76. The van der Waals surface area contributed by atoms with Gasteiger partial charge in [0.2, 0.25) is 11.8 Å². The molecule has 2 fully saturated rings. The van der Waals surface area contributed by atoms with Crippen molar-refractivity contribution >= 4 is 5.97 Å². The van der Waals surface area contributed by atoms with E-state index >= 15 is 0 Å². The molecule has 0 unspecified atom stereocenters. The maximum atomic E-state index is 12.3. The summed E-state index contributed by atoms with van der Waals surface area (Å²) in [6, 6.07) is 9.94. The summed E-state index contributed by atoms with van der Waals surface area (Å²) in [5.74, 6) is 1.48. The first-order valence-corrected chi connectivity index (χ1v) is 8.97. The lowest BCUT2D eigenvalue weighted by molar-refractivity contribution is -0.146. The van der Waals surface area contributed by atoms with Crippen molar-refractivity contribution < 1.29 is 13.9 Å². The molecule has 1 aromatic carbocycles. The molecule has 1 aliphatic carbocycles. The molecule has 3 atom stereocenters. The summed E-state index contributed by atoms with van der Waals surface area (Å²) in [4.78, 5) is 14.5. The van der Waals surface area contributed by atoms with E-state index in [9.17, 15) is 4.79 Å². The number of likely N-dealkylation sites (tertiary alicyclic amines) is 1. The molecule has 1 aliphatic heterocycles. The van der Waals surface area contributed by atoms with Crippen LogP contribution in [0.25, 0.3) is 11.5 Å². The van der Waals surface area contributed by atoms with Crippen molar-refractivity contribution in [2.24, 2.45) is 5.92 Å². The van der Waals surface area contributed by atoms with E-state index in [1.807, 2.05) is 30.3 Å². The van der Waals surface area contributed by atoms with Gasteiger partial charge in [0, 0.05) is 11.6 Å². The number of nitrogens with zero attached hydrogens (tertiary/aromatic N) is 3. The van der Waals surface area contributed by atoms with Gasteiger partial charge >= 0.3 is 5.97 Å². The zero-order chi connectivity index (χ0) is 17.2. The van der Waals surface area contributed by atoms with Gasteiger partial charge in [0.25, 0.3) is 0 Å². The quantitative estimate of drug-likeness (QED) is 0.796. The number of benzene rings is 1. The van der Waals surface area contributed by atoms with E-state index in [-0.39, 0.29) is 12.0 Å². The maximum absolute atomic E-state index is 12.3. The van der Waals surface area contributed by atoms with Crippen LogP contribution in [0.3, 0.4) is 0 Å². The van der Waals surface area contributed by atoms with Crippen LogP contribution >= 0.6 is 0 Å². The normalized spacial score (nSPS) is 26.4. The monoisotopic (exact) mass is 341 g/mol. The number of rotatable bonds is 4. The zero-order valence-electron chi connectivity index (χ0n) is 14.4.